The van der Waals surface area contributed by atoms with Gasteiger partial charge in [0.05, 0.1) is 12.3 Å². The Hall–Kier alpha value is -1.40. The van der Waals surface area contributed by atoms with Crippen molar-refractivity contribution >= 4 is 5.91 Å². The molecule has 0 radical (unpaired) electrons. The molecule has 116 valence electrons. The predicted octanol–water partition coefficient (Wildman–Crippen LogP) is -0.0405. The van der Waals surface area contributed by atoms with E-state index >= 15 is 0 Å². The molecule has 1 saturated heterocycles. The number of carbonyl (C=O) groups is 1. The average molecular weight is 292 g/mol. The van der Waals surface area contributed by atoms with Gasteiger partial charge in [0.1, 0.15) is 5.82 Å². The van der Waals surface area contributed by atoms with Gasteiger partial charge in [0.2, 0.25) is 5.91 Å². The standard InChI is InChI=1S/C15H24N4O2/c1-11-16-13-3-2-12(10-14(13)17-11)15(21)19-6-4-18(5-7-19)8-9-20/h12,20H,2-10H2,1H3,(H,16,17)/t12-/m0/s1. The maximum Gasteiger partial charge on any atom is 0.226 e. The fraction of sp³-hybridized carbons (Fsp3) is 0.733. The second kappa shape index (κ2) is 6.15. The van der Waals surface area contributed by atoms with Gasteiger partial charge in [-0.3, -0.25) is 9.69 Å². The predicted molar refractivity (Wildman–Crippen MR) is 78.9 cm³/mol. The zero-order valence-corrected chi connectivity index (χ0v) is 12.6. The molecular formula is C15H24N4O2. The number of nitrogens with zero attached hydrogens (tertiary/aromatic N) is 3. The number of imidazole rings is 1. The summed E-state index contributed by atoms with van der Waals surface area (Å²) in [5, 5.41) is 8.96. The summed E-state index contributed by atoms with van der Waals surface area (Å²) in [6, 6.07) is 0. The molecule has 0 saturated carbocycles. The van der Waals surface area contributed by atoms with Crippen molar-refractivity contribution in [3.63, 3.8) is 0 Å². The van der Waals surface area contributed by atoms with Gasteiger partial charge in [0, 0.05) is 50.8 Å². The number of amides is 1. The van der Waals surface area contributed by atoms with Crippen LogP contribution in [0.3, 0.4) is 0 Å². The lowest BCUT2D eigenvalue weighted by molar-refractivity contribution is -0.137. The number of β-amino-alcohol motifs (C(OH)–C–C–N with tert-alkyl or cyclic N) is 1. The minimum absolute atomic E-state index is 0.0988. The van der Waals surface area contributed by atoms with Crippen molar-refractivity contribution in [3.05, 3.63) is 17.2 Å². The number of nitrogens with one attached hydrogen (secondary N) is 1. The third kappa shape index (κ3) is 3.11. The van der Waals surface area contributed by atoms with Gasteiger partial charge in [-0.15, -0.1) is 0 Å². The number of carbonyl (C=O) groups excluding carboxylic acids is 1. The highest BCUT2D eigenvalue weighted by Crippen LogP contribution is 2.25. The Morgan fingerprint density at radius 3 is 2.86 bits per heavy atom. The highest BCUT2D eigenvalue weighted by atomic mass is 16.3. The number of fused-ring (bicyclic) bond motifs is 1. The lowest BCUT2D eigenvalue weighted by atomic mass is 9.88. The van der Waals surface area contributed by atoms with Crippen molar-refractivity contribution in [3.8, 4) is 0 Å². The minimum Gasteiger partial charge on any atom is -0.395 e. The third-order valence-corrected chi connectivity index (χ3v) is 4.61. The molecule has 1 aromatic heterocycles. The van der Waals surface area contributed by atoms with E-state index in [1.165, 1.54) is 0 Å². The first kappa shape index (κ1) is 14.5. The zero-order valence-electron chi connectivity index (χ0n) is 12.6. The summed E-state index contributed by atoms with van der Waals surface area (Å²) in [5.41, 5.74) is 2.29. The topological polar surface area (TPSA) is 72.5 Å². The van der Waals surface area contributed by atoms with Crippen LogP contribution in [0.25, 0.3) is 0 Å². The van der Waals surface area contributed by atoms with Crippen molar-refractivity contribution in [1.29, 1.82) is 0 Å². The molecule has 1 amide bonds. The molecule has 2 heterocycles. The first-order valence-electron chi connectivity index (χ1n) is 7.83. The second-order valence-electron chi connectivity index (χ2n) is 6.08. The smallest absolute Gasteiger partial charge is 0.226 e. The molecule has 1 aliphatic heterocycles. The first-order valence-corrected chi connectivity index (χ1v) is 7.83. The van der Waals surface area contributed by atoms with E-state index in [4.69, 9.17) is 5.11 Å². The third-order valence-electron chi connectivity index (χ3n) is 4.61. The van der Waals surface area contributed by atoms with Crippen LogP contribution in [0, 0.1) is 12.8 Å². The molecule has 1 aromatic rings. The largest absolute Gasteiger partial charge is 0.395 e. The van der Waals surface area contributed by atoms with E-state index in [2.05, 4.69) is 14.9 Å². The normalized spacial score (nSPS) is 23.1. The van der Waals surface area contributed by atoms with Gasteiger partial charge in [-0.2, -0.15) is 0 Å². The first-order chi connectivity index (χ1) is 10.2. The lowest BCUT2D eigenvalue weighted by Gasteiger charge is -2.36. The molecule has 1 atom stereocenters. The Labute approximate surface area is 125 Å². The molecule has 1 fully saturated rings. The molecule has 1 aliphatic carbocycles. The molecule has 6 nitrogen and oxygen atoms in total. The summed E-state index contributed by atoms with van der Waals surface area (Å²) in [6.07, 6.45) is 2.61. The summed E-state index contributed by atoms with van der Waals surface area (Å²) in [5.74, 6) is 1.34. The molecule has 0 aromatic carbocycles. The maximum atomic E-state index is 12.7. The number of hydrogen-bond donors (Lipinski definition) is 2. The van der Waals surface area contributed by atoms with E-state index in [1.807, 2.05) is 11.8 Å². The Morgan fingerprint density at radius 2 is 2.14 bits per heavy atom. The maximum absolute atomic E-state index is 12.7. The molecular weight excluding hydrogens is 268 g/mol. The van der Waals surface area contributed by atoms with E-state index in [0.717, 1.165) is 62.7 Å². The van der Waals surface area contributed by atoms with Crippen LogP contribution in [0.2, 0.25) is 0 Å². The van der Waals surface area contributed by atoms with Crippen LogP contribution in [0.5, 0.6) is 0 Å². The lowest BCUT2D eigenvalue weighted by Crippen LogP contribution is -2.51. The van der Waals surface area contributed by atoms with Gasteiger partial charge in [0.25, 0.3) is 0 Å². The van der Waals surface area contributed by atoms with Gasteiger partial charge >= 0.3 is 0 Å². The molecule has 0 spiro atoms. The van der Waals surface area contributed by atoms with Crippen molar-refractivity contribution in [2.75, 3.05) is 39.3 Å². The van der Waals surface area contributed by atoms with Crippen LogP contribution in [-0.2, 0) is 17.6 Å². The highest BCUT2D eigenvalue weighted by molar-refractivity contribution is 5.79. The van der Waals surface area contributed by atoms with Crippen molar-refractivity contribution in [2.45, 2.75) is 26.2 Å². The van der Waals surface area contributed by atoms with Gasteiger partial charge in [-0.1, -0.05) is 0 Å². The average Bonchev–Trinajstić information content (AvgIpc) is 2.86. The van der Waals surface area contributed by atoms with Gasteiger partial charge in [-0.25, -0.2) is 4.98 Å². The molecule has 21 heavy (non-hydrogen) atoms. The van der Waals surface area contributed by atoms with E-state index in [9.17, 15) is 4.79 Å². The summed E-state index contributed by atoms with van der Waals surface area (Å²) >= 11 is 0. The number of aliphatic hydroxyl groups is 1. The van der Waals surface area contributed by atoms with Crippen molar-refractivity contribution < 1.29 is 9.90 Å². The van der Waals surface area contributed by atoms with Gasteiger partial charge in [0.15, 0.2) is 0 Å². The number of H-pyrrole nitrogens is 1. The Balaban J connectivity index is 1.57. The summed E-state index contributed by atoms with van der Waals surface area (Å²) in [4.78, 5) is 24.6. The number of aromatic amines is 1. The van der Waals surface area contributed by atoms with Crippen molar-refractivity contribution in [2.24, 2.45) is 5.92 Å². The van der Waals surface area contributed by atoms with Crippen LogP contribution in [0.1, 0.15) is 23.6 Å². The van der Waals surface area contributed by atoms with Crippen LogP contribution in [0.15, 0.2) is 0 Å². The number of aliphatic hydroxyl groups excluding tert-OH is 1. The number of hydrogen-bond acceptors (Lipinski definition) is 4. The van der Waals surface area contributed by atoms with E-state index in [0.29, 0.717) is 6.54 Å². The second-order valence-corrected chi connectivity index (χ2v) is 6.08. The number of aromatic nitrogens is 2. The molecule has 6 heteroatoms. The van der Waals surface area contributed by atoms with Gasteiger partial charge < -0.3 is 15.0 Å². The van der Waals surface area contributed by atoms with Crippen LogP contribution in [0.4, 0.5) is 0 Å². The van der Waals surface area contributed by atoms with Crippen molar-refractivity contribution in [1.82, 2.24) is 19.8 Å². The number of aryl methyl sites for hydroxylation is 2. The Bertz CT molecular complexity index is 506. The van der Waals surface area contributed by atoms with E-state index < -0.39 is 0 Å². The fourth-order valence-corrected chi connectivity index (χ4v) is 3.43. The number of piperazine rings is 1. The fourth-order valence-electron chi connectivity index (χ4n) is 3.43. The zero-order chi connectivity index (χ0) is 14.8. The molecule has 3 rings (SSSR count). The molecule has 0 bridgehead atoms. The van der Waals surface area contributed by atoms with E-state index in [1.54, 1.807) is 0 Å². The minimum atomic E-state index is 0.0988. The van der Waals surface area contributed by atoms with Crippen LogP contribution >= 0.6 is 0 Å². The summed E-state index contributed by atoms with van der Waals surface area (Å²) in [7, 11) is 0. The summed E-state index contributed by atoms with van der Waals surface area (Å²) in [6.45, 7) is 6.17. The summed E-state index contributed by atoms with van der Waals surface area (Å²) < 4.78 is 0. The monoisotopic (exact) mass is 292 g/mol. The van der Waals surface area contributed by atoms with Gasteiger partial charge in [-0.05, 0) is 19.8 Å². The quantitative estimate of drug-likeness (QED) is 0.820. The molecule has 0 unspecified atom stereocenters. The van der Waals surface area contributed by atoms with Crippen LogP contribution in [-0.4, -0.2) is 70.1 Å². The van der Waals surface area contributed by atoms with E-state index in [-0.39, 0.29) is 18.4 Å². The Kier molecular flexibility index (Phi) is 4.26. The molecule has 2 N–H and O–H groups in total. The van der Waals surface area contributed by atoms with Crippen LogP contribution < -0.4 is 0 Å². The number of rotatable bonds is 3. The molecule has 2 aliphatic rings. The Morgan fingerprint density at radius 1 is 1.38 bits per heavy atom. The SMILES string of the molecule is Cc1nc2c([nH]1)C[C@@H](C(=O)N1CCN(CCO)CC1)CC2. The highest BCUT2D eigenvalue weighted by Gasteiger charge is 2.31.